The summed E-state index contributed by atoms with van der Waals surface area (Å²) in [6, 6.07) is 14.8. The number of amides is 1. The topological polar surface area (TPSA) is 62.0 Å². The summed E-state index contributed by atoms with van der Waals surface area (Å²) < 4.78 is 0. The number of carbonyl (C=O) groups is 1. The minimum absolute atomic E-state index is 0.108. The van der Waals surface area contributed by atoms with Gasteiger partial charge in [-0.15, -0.1) is 0 Å². The van der Waals surface area contributed by atoms with Gasteiger partial charge in [0.25, 0.3) is 0 Å². The van der Waals surface area contributed by atoms with Gasteiger partial charge in [-0.1, -0.05) is 35.6 Å². The minimum atomic E-state index is -0.173. The van der Waals surface area contributed by atoms with Gasteiger partial charge in [-0.3, -0.25) is 9.59 Å². The van der Waals surface area contributed by atoms with Crippen LogP contribution in [0.5, 0.6) is 0 Å². The van der Waals surface area contributed by atoms with Gasteiger partial charge in [-0.25, -0.2) is 0 Å². The van der Waals surface area contributed by atoms with Crippen LogP contribution in [-0.2, 0) is 4.79 Å². The molecule has 3 aromatic rings. The summed E-state index contributed by atoms with van der Waals surface area (Å²) in [5.74, 6) is 6.08. The SMILES string of the molecule is CC(=O)Nc1ccc(C#Cc2ccc(-c3c(C)[nH]c(C)c(Cl)c3=O)cc2)cc1. The van der Waals surface area contributed by atoms with Crippen molar-refractivity contribution in [2.45, 2.75) is 20.8 Å². The maximum Gasteiger partial charge on any atom is 0.221 e. The molecule has 2 aromatic carbocycles. The van der Waals surface area contributed by atoms with E-state index in [1.54, 1.807) is 6.92 Å². The lowest BCUT2D eigenvalue weighted by atomic mass is 10.0. The van der Waals surface area contributed by atoms with Crippen LogP contribution in [0.15, 0.2) is 53.3 Å². The Morgan fingerprint density at radius 2 is 1.46 bits per heavy atom. The van der Waals surface area contributed by atoms with Crippen molar-refractivity contribution in [3.8, 4) is 23.0 Å². The highest BCUT2D eigenvalue weighted by molar-refractivity contribution is 6.31. The zero-order valence-corrected chi connectivity index (χ0v) is 16.6. The van der Waals surface area contributed by atoms with Crippen molar-refractivity contribution in [2.24, 2.45) is 0 Å². The monoisotopic (exact) mass is 390 g/mol. The molecule has 0 unspecified atom stereocenters. The van der Waals surface area contributed by atoms with E-state index in [1.807, 2.05) is 55.5 Å². The van der Waals surface area contributed by atoms with Crippen LogP contribution in [-0.4, -0.2) is 10.9 Å². The van der Waals surface area contributed by atoms with Gasteiger partial charge in [0.1, 0.15) is 5.02 Å². The van der Waals surface area contributed by atoms with Crippen LogP contribution in [0, 0.1) is 25.7 Å². The van der Waals surface area contributed by atoms with E-state index >= 15 is 0 Å². The molecule has 28 heavy (non-hydrogen) atoms. The number of nitrogens with one attached hydrogen (secondary N) is 2. The molecular formula is C23H19ClN2O2. The Balaban J connectivity index is 1.83. The van der Waals surface area contributed by atoms with Crippen LogP contribution in [0.3, 0.4) is 0 Å². The van der Waals surface area contributed by atoms with Gasteiger partial charge in [0, 0.05) is 40.7 Å². The largest absolute Gasteiger partial charge is 0.361 e. The summed E-state index contributed by atoms with van der Waals surface area (Å²) in [5.41, 5.74) is 5.06. The van der Waals surface area contributed by atoms with E-state index in [0.29, 0.717) is 11.3 Å². The number of pyridine rings is 1. The molecule has 1 aromatic heterocycles. The van der Waals surface area contributed by atoms with Gasteiger partial charge in [0.2, 0.25) is 11.3 Å². The number of carbonyl (C=O) groups excluding carboxylic acids is 1. The van der Waals surface area contributed by atoms with Crippen molar-refractivity contribution in [2.75, 3.05) is 5.32 Å². The summed E-state index contributed by atoms with van der Waals surface area (Å²) in [6.07, 6.45) is 0. The average Bonchev–Trinajstić information content (AvgIpc) is 2.66. The van der Waals surface area contributed by atoms with E-state index in [0.717, 1.165) is 28.1 Å². The number of benzene rings is 2. The molecule has 0 aliphatic heterocycles. The zero-order valence-electron chi connectivity index (χ0n) is 15.8. The Bertz CT molecular complexity index is 1150. The molecule has 0 aliphatic rings. The van der Waals surface area contributed by atoms with Crippen molar-refractivity contribution >= 4 is 23.2 Å². The summed E-state index contributed by atoms with van der Waals surface area (Å²) in [6.45, 7) is 5.11. The first-order chi connectivity index (χ1) is 13.3. The maximum atomic E-state index is 12.5. The average molecular weight is 391 g/mol. The molecule has 0 radical (unpaired) electrons. The fourth-order valence-electron chi connectivity index (χ4n) is 2.90. The normalized spacial score (nSPS) is 10.1. The second-order valence-electron chi connectivity index (χ2n) is 6.48. The van der Waals surface area contributed by atoms with E-state index in [2.05, 4.69) is 22.1 Å². The van der Waals surface area contributed by atoms with Gasteiger partial charge < -0.3 is 10.3 Å². The van der Waals surface area contributed by atoms with Gasteiger partial charge in [0.05, 0.1) is 0 Å². The van der Waals surface area contributed by atoms with Gasteiger partial charge in [0.15, 0.2) is 0 Å². The van der Waals surface area contributed by atoms with E-state index < -0.39 is 0 Å². The third-order valence-corrected chi connectivity index (χ3v) is 4.69. The second-order valence-corrected chi connectivity index (χ2v) is 6.86. The molecule has 2 N–H and O–H groups in total. The van der Waals surface area contributed by atoms with E-state index in [4.69, 9.17) is 11.6 Å². The first-order valence-electron chi connectivity index (χ1n) is 8.74. The number of aromatic amines is 1. The van der Waals surface area contributed by atoms with Gasteiger partial charge in [-0.2, -0.15) is 0 Å². The Morgan fingerprint density at radius 3 is 2.00 bits per heavy atom. The summed E-state index contributed by atoms with van der Waals surface area (Å²) >= 11 is 6.10. The first-order valence-corrected chi connectivity index (χ1v) is 9.12. The number of rotatable bonds is 2. The van der Waals surface area contributed by atoms with Crippen molar-refractivity contribution < 1.29 is 4.79 Å². The fraction of sp³-hybridized carbons (Fsp3) is 0.130. The highest BCUT2D eigenvalue weighted by Crippen LogP contribution is 2.22. The number of halogens is 1. The van der Waals surface area contributed by atoms with Crippen LogP contribution >= 0.6 is 11.6 Å². The van der Waals surface area contributed by atoms with Gasteiger partial charge in [-0.05, 0) is 55.8 Å². The first kappa shape index (κ1) is 19.5. The van der Waals surface area contributed by atoms with E-state index in [-0.39, 0.29) is 16.4 Å². The molecule has 140 valence electrons. The number of aromatic nitrogens is 1. The fourth-order valence-corrected chi connectivity index (χ4v) is 3.04. The number of hydrogen-bond donors (Lipinski definition) is 2. The third kappa shape index (κ3) is 4.33. The third-order valence-electron chi connectivity index (χ3n) is 4.24. The molecule has 1 heterocycles. The molecule has 1 amide bonds. The van der Waals surface area contributed by atoms with Crippen molar-refractivity contribution in [3.63, 3.8) is 0 Å². The molecular weight excluding hydrogens is 372 g/mol. The number of hydrogen-bond acceptors (Lipinski definition) is 2. The lowest BCUT2D eigenvalue weighted by Crippen LogP contribution is -2.11. The van der Waals surface area contributed by atoms with Crippen LogP contribution < -0.4 is 10.7 Å². The highest BCUT2D eigenvalue weighted by Gasteiger charge is 2.12. The molecule has 0 atom stereocenters. The Morgan fingerprint density at radius 1 is 0.929 bits per heavy atom. The summed E-state index contributed by atoms with van der Waals surface area (Å²) in [5, 5.41) is 2.93. The molecule has 0 saturated carbocycles. The van der Waals surface area contributed by atoms with Crippen LogP contribution in [0.2, 0.25) is 5.02 Å². The van der Waals surface area contributed by atoms with Crippen molar-refractivity contribution in [3.05, 3.63) is 86.3 Å². The number of anilines is 1. The minimum Gasteiger partial charge on any atom is -0.361 e. The predicted molar refractivity (Wildman–Crippen MR) is 114 cm³/mol. The lowest BCUT2D eigenvalue weighted by Gasteiger charge is -2.08. The Hall–Kier alpha value is -3.29. The molecule has 0 saturated heterocycles. The van der Waals surface area contributed by atoms with Crippen LogP contribution in [0.4, 0.5) is 5.69 Å². The highest BCUT2D eigenvalue weighted by atomic mass is 35.5. The molecule has 0 fully saturated rings. The molecule has 4 nitrogen and oxygen atoms in total. The maximum absolute atomic E-state index is 12.5. The van der Waals surface area contributed by atoms with Gasteiger partial charge >= 0.3 is 0 Å². The molecule has 5 heteroatoms. The number of H-pyrrole nitrogens is 1. The summed E-state index contributed by atoms with van der Waals surface area (Å²) in [4.78, 5) is 26.7. The number of aryl methyl sites for hydroxylation is 2. The smallest absolute Gasteiger partial charge is 0.221 e. The lowest BCUT2D eigenvalue weighted by molar-refractivity contribution is -0.114. The zero-order chi connectivity index (χ0) is 20.3. The molecule has 0 spiro atoms. The Kier molecular flexibility index (Phi) is 5.67. The van der Waals surface area contributed by atoms with Crippen molar-refractivity contribution in [1.82, 2.24) is 4.98 Å². The summed E-state index contributed by atoms with van der Waals surface area (Å²) in [7, 11) is 0. The van der Waals surface area contributed by atoms with Crippen LogP contribution in [0.1, 0.15) is 29.4 Å². The van der Waals surface area contributed by atoms with Crippen LogP contribution in [0.25, 0.3) is 11.1 Å². The van der Waals surface area contributed by atoms with Crippen molar-refractivity contribution in [1.29, 1.82) is 0 Å². The molecule has 0 bridgehead atoms. The standard InChI is InChI=1S/C23H19ClN2O2/c1-14-21(23(28)22(24)15(2)25-14)19-10-6-17(7-11-19)4-5-18-8-12-20(13-9-18)26-16(3)27/h6-13H,1-3H3,(H,25,28)(H,26,27). The quantitative estimate of drug-likeness (QED) is 0.624. The second kappa shape index (κ2) is 8.16. The van der Waals surface area contributed by atoms with E-state index in [1.165, 1.54) is 6.92 Å². The molecule has 3 rings (SSSR count). The molecule has 0 aliphatic carbocycles. The Labute approximate surface area is 168 Å². The predicted octanol–water partition coefficient (Wildman–Crippen LogP) is 4.67. The van der Waals surface area contributed by atoms with E-state index in [9.17, 15) is 9.59 Å².